The summed E-state index contributed by atoms with van der Waals surface area (Å²) in [5, 5.41) is 0. The van der Waals surface area contributed by atoms with E-state index in [1.807, 2.05) is 20.8 Å². The highest BCUT2D eigenvalue weighted by atomic mass is 19.1. The van der Waals surface area contributed by atoms with Crippen molar-refractivity contribution in [3.63, 3.8) is 0 Å². The molecule has 0 aliphatic carbocycles. The minimum atomic E-state index is -0.600. The normalized spacial score (nSPS) is 19.5. The van der Waals surface area contributed by atoms with Gasteiger partial charge in [0, 0.05) is 25.8 Å². The topological polar surface area (TPSA) is 62.7 Å². The van der Waals surface area contributed by atoms with E-state index < -0.39 is 11.5 Å². The van der Waals surface area contributed by atoms with Crippen LogP contribution >= 0.6 is 0 Å². The molecule has 2 amide bonds. The minimum absolute atomic E-state index is 0.148. The number of likely N-dealkylation sites (tertiary alicyclic amines) is 2. The molecule has 6 nitrogen and oxygen atoms in total. The molecule has 136 valence electrons. The van der Waals surface area contributed by atoms with E-state index in [1.54, 1.807) is 9.80 Å². The van der Waals surface area contributed by atoms with Crippen molar-refractivity contribution < 1.29 is 18.7 Å². The lowest BCUT2D eigenvalue weighted by atomic mass is 9.76. The van der Waals surface area contributed by atoms with Gasteiger partial charge in [0.1, 0.15) is 5.60 Å². The van der Waals surface area contributed by atoms with Crippen molar-refractivity contribution in [3.05, 3.63) is 29.8 Å². The molecular weight excluding hydrogens is 325 g/mol. The maximum absolute atomic E-state index is 12.9. The van der Waals surface area contributed by atoms with E-state index in [0.717, 1.165) is 19.3 Å². The SMILES string of the molecule is CC(C)(C)OC(=O)N1CCC12CCN(C(=O)c1ccc(F)nc1)CC2. The largest absolute Gasteiger partial charge is 0.444 e. The number of hydrogen-bond acceptors (Lipinski definition) is 4. The molecule has 0 bridgehead atoms. The molecular formula is C18H24FN3O3. The summed E-state index contributed by atoms with van der Waals surface area (Å²) in [6, 6.07) is 2.64. The van der Waals surface area contributed by atoms with Gasteiger partial charge in [-0.05, 0) is 52.2 Å². The Morgan fingerprint density at radius 3 is 2.28 bits per heavy atom. The standard InChI is InChI=1S/C18H24FN3O3/c1-17(2,3)25-16(24)22-11-8-18(22)6-9-21(10-7-18)15(23)13-4-5-14(19)20-12-13/h4-5,12H,6-11H2,1-3H3. The van der Waals surface area contributed by atoms with Crippen LogP contribution in [-0.2, 0) is 4.74 Å². The fraction of sp³-hybridized carbons (Fsp3) is 0.611. The first kappa shape index (κ1) is 17.6. The van der Waals surface area contributed by atoms with Crippen LogP contribution in [0.15, 0.2) is 18.3 Å². The summed E-state index contributed by atoms with van der Waals surface area (Å²) in [6.45, 7) is 7.40. The molecule has 1 aromatic rings. The number of carbonyl (C=O) groups is 2. The van der Waals surface area contributed by atoms with Crippen LogP contribution in [0.5, 0.6) is 0 Å². The molecule has 1 aromatic heterocycles. The number of amides is 2. The van der Waals surface area contributed by atoms with Crippen LogP contribution in [0.25, 0.3) is 0 Å². The monoisotopic (exact) mass is 349 g/mol. The number of halogens is 1. The molecule has 3 rings (SSSR count). The second-order valence-corrected chi connectivity index (χ2v) is 7.77. The summed E-state index contributed by atoms with van der Waals surface area (Å²) in [7, 11) is 0. The number of rotatable bonds is 1. The number of carbonyl (C=O) groups excluding carboxylic acids is 2. The van der Waals surface area contributed by atoms with Crippen molar-refractivity contribution in [2.24, 2.45) is 0 Å². The minimum Gasteiger partial charge on any atom is -0.444 e. The van der Waals surface area contributed by atoms with Crippen molar-refractivity contribution in [2.45, 2.75) is 51.2 Å². The number of ether oxygens (including phenoxy) is 1. The zero-order valence-electron chi connectivity index (χ0n) is 14.9. The second kappa shape index (κ2) is 6.28. The molecule has 2 saturated heterocycles. The van der Waals surface area contributed by atoms with Crippen LogP contribution in [0.4, 0.5) is 9.18 Å². The molecule has 0 radical (unpaired) electrons. The summed E-state index contributed by atoms with van der Waals surface area (Å²) >= 11 is 0. The van der Waals surface area contributed by atoms with Gasteiger partial charge >= 0.3 is 6.09 Å². The Morgan fingerprint density at radius 2 is 1.80 bits per heavy atom. The quantitative estimate of drug-likeness (QED) is 0.732. The summed E-state index contributed by atoms with van der Waals surface area (Å²) in [5.41, 5.74) is -0.324. The third-order valence-corrected chi connectivity index (χ3v) is 4.94. The first-order valence-corrected chi connectivity index (χ1v) is 8.62. The van der Waals surface area contributed by atoms with Gasteiger partial charge in [-0.3, -0.25) is 4.79 Å². The highest BCUT2D eigenvalue weighted by Crippen LogP contribution is 2.41. The van der Waals surface area contributed by atoms with E-state index in [9.17, 15) is 14.0 Å². The number of piperidine rings is 1. The molecule has 7 heteroatoms. The predicted molar refractivity (Wildman–Crippen MR) is 89.6 cm³/mol. The van der Waals surface area contributed by atoms with E-state index in [-0.39, 0.29) is 17.5 Å². The van der Waals surface area contributed by atoms with Gasteiger partial charge in [0.15, 0.2) is 0 Å². The molecule has 0 N–H and O–H groups in total. The van der Waals surface area contributed by atoms with Gasteiger partial charge < -0.3 is 14.5 Å². The average Bonchev–Trinajstić information content (AvgIpc) is 2.52. The summed E-state index contributed by atoms with van der Waals surface area (Å²) in [4.78, 5) is 31.9. The number of hydrogen-bond donors (Lipinski definition) is 0. The van der Waals surface area contributed by atoms with Crippen LogP contribution in [0, 0.1) is 5.95 Å². The third kappa shape index (κ3) is 3.60. The molecule has 2 fully saturated rings. The van der Waals surface area contributed by atoms with Crippen LogP contribution in [0.2, 0.25) is 0 Å². The van der Waals surface area contributed by atoms with Crippen molar-refractivity contribution >= 4 is 12.0 Å². The van der Waals surface area contributed by atoms with Gasteiger partial charge in [-0.25, -0.2) is 9.78 Å². The molecule has 3 heterocycles. The van der Waals surface area contributed by atoms with Crippen molar-refractivity contribution in [2.75, 3.05) is 19.6 Å². The van der Waals surface area contributed by atoms with Crippen molar-refractivity contribution in [1.29, 1.82) is 0 Å². The van der Waals surface area contributed by atoms with E-state index in [1.165, 1.54) is 18.3 Å². The summed E-state index contributed by atoms with van der Waals surface area (Å²) in [6.07, 6.45) is 3.38. The van der Waals surface area contributed by atoms with Crippen molar-refractivity contribution in [3.8, 4) is 0 Å². The summed E-state index contributed by atoms with van der Waals surface area (Å²) < 4.78 is 18.4. The van der Waals surface area contributed by atoms with Crippen LogP contribution in [-0.4, -0.2) is 57.6 Å². The first-order valence-electron chi connectivity index (χ1n) is 8.62. The van der Waals surface area contributed by atoms with E-state index >= 15 is 0 Å². The first-order chi connectivity index (χ1) is 11.7. The van der Waals surface area contributed by atoms with Gasteiger partial charge in [-0.15, -0.1) is 0 Å². The van der Waals surface area contributed by atoms with Gasteiger partial charge in [0.05, 0.1) is 11.1 Å². The van der Waals surface area contributed by atoms with Gasteiger partial charge in [0.2, 0.25) is 5.95 Å². The van der Waals surface area contributed by atoms with Crippen LogP contribution < -0.4 is 0 Å². The van der Waals surface area contributed by atoms with E-state index in [0.29, 0.717) is 25.2 Å². The Bertz CT molecular complexity index is 661. The van der Waals surface area contributed by atoms with Crippen LogP contribution in [0.3, 0.4) is 0 Å². The summed E-state index contributed by atoms with van der Waals surface area (Å²) in [5.74, 6) is -0.748. The van der Waals surface area contributed by atoms with E-state index in [2.05, 4.69) is 4.98 Å². The Kier molecular flexibility index (Phi) is 4.43. The molecule has 1 spiro atoms. The van der Waals surface area contributed by atoms with Crippen LogP contribution in [0.1, 0.15) is 50.4 Å². The second-order valence-electron chi connectivity index (χ2n) is 7.77. The highest BCUT2D eigenvalue weighted by molar-refractivity contribution is 5.94. The lowest BCUT2D eigenvalue weighted by Gasteiger charge is -2.55. The third-order valence-electron chi connectivity index (χ3n) is 4.94. The molecule has 2 aliphatic rings. The number of nitrogens with zero attached hydrogens (tertiary/aromatic N) is 3. The fourth-order valence-corrected chi connectivity index (χ4v) is 3.47. The van der Waals surface area contributed by atoms with E-state index in [4.69, 9.17) is 4.74 Å². The Morgan fingerprint density at radius 1 is 1.16 bits per heavy atom. The molecule has 2 aliphatic heterocycles. The fourth-order valence-electron chi connectivity index (χ4n) is 3.47. The smallest absolute Gasteiger partial charge is 0.410 e. The van der Waals surface area contributed by atoms with Crippen molar-refractivity contribution in [1.82, 2.24) is 14.8 Å². The highest BCUT2D eigenvalue weighted by Gasteiger charge is 2.50. The maximum Gasteiger partial charge on any atom is 0.410 e. The molecule has 0 aromatic carbocycles. The Balaban J connectivity index is 1.60. The van der Waals surface area contributed by atoms with Gasteiger partial charge in [-0.2, -0.15) is 4.39 Å². The zero-order valence-corrected chi connectivity index (χ0v) is 14.9. The number of pyridine rings is 1. The van der Waals surface area contributed by atoms with Gasteiger partial charge in [0.25, 0.3) is 5.91 Å². The van der Waals surface area contributed by atoms with Gasteiger partial charge in [-0.1, -0.05) is 0 Å². The molecule has 0 atom stereocenters. The Labute approximate surface area is 147 Å². The predicted octanol–water partition coefficient (Wildman–Crippen LogP) is 2.84. The lowest BCUT2D eigenvalue weighted by molar-refractivity contribution is -0.0660. The Hall–Kier alpha value is -2.18. The number of aromatic nitrogens is 1. The molecule has 0 unspecified atom stereocenters. The maximum atomic E-state index is 12.9. The molecule has 0 saturated carbocycles. The molecule has 25 heavy (non-hydrogen) atoms. The average molecular weight is 349 g/mol. The zero-order chi connectivity index (χ0) is 18.2. The lowest BCUT2D eigenvalue weighted by Crippen LogP contribution is -2.66.